The van der Waals surface area contributed by atoms with E-state index in [-0.39, 0.29) is 5.91 Å². The van der Waals surface area contributed by atoms with E-state index in [1.807, 2.05) is 25.1 Å². The van der Waals surface area contributed by atoms with Gasteiger partial charge in [0.1, 0.15) is 0 Å². The van der Waals surface area contributed by atoms with Crippen LogP contribution in [0, 0.1) is 12.8 Å². The summed E-state index contributed by atoms with van der Waals surface area (Å²) in [4.78, 5) is 12.4. The van der Waals surface area contributed by atoms with Gasteiger partial charge in [-0.25, -0.2) is 0 Å². The van der Waals surface area contributed by atoms with Crippen LogP contribution in [-0.2, 0) is 6.42 Å². The lowest BCUT2D eigenvalue weighted by Gasteiger charge is -2.23. The standard InChI is InChI=1S/C25H30N2O/c1-6-22-24(23(25(26)28)18(5)27(22)17(4)16(2)3)21-14-12-20(13-15-21)19-10-8-7-9-11-19/h7-17H,6H2,1-5H3,(H2,26,28). The highest BCUT2D eigenvalue weighted by Crippen LogP contribution is 2.37. The first-order valence-corrected chi connectivity index (χ1v) is 10.1. The number of hydrogen-bond donors (Lipinski definition) is 1. The zero-order valence-corrected chi connectivity index (χ0v) is 17.5. The quantitative estimate of drug-likeness (QED) is 0.564. The van der Waals surface area contributed by atoms with E-state index in [0.29, 0.717) is 17.5 Å². The molecule has 0 saturated heterocycles. The van der Waals surface area contributed by atoms with Crippen LogP contribution in [-0.4, -0.2) is 10.5 Å². The number of carbonyl (C=O) groups excluding carboxylic acids is 1. The predicted molar refractivity (Wildman–Crippen MR) is 117 cm³/mol. The summed E-state index contributed by atoms with van der Waals surface area (Å²) in [5.41, 5.74) is 13.0. The number of hydrogen-bond acceptors (Lipinski definition) is 1. The lowest BCUT2D eigenvalue weighted by molar-refractivity contribution is 0.1000. The largest absolute Gasteiger partial charge is 0.366 e. The number of primary amides is 1. The van der Waals surface area contributed by atoms with Crippen molar-refractivity contribution in [2.45, 2.75) is 47.1 Å². The molecule has 0 fully saturated rings. The molecule has 0 aliphatic heterocycles. The van der Waals surface area contributed by atoms with Crippen LogP contribution in [0.25, 0.3) is 22.3 Å². The Labute approximate surface area is 168 Å². The second-order valence-electron chi connectivity index (χ2n) is 7.80. The molecule has 0 bridgehead atoms. The van der Waals surface area contributed by atoms with Crippen LogP contribution in [0.15, 0.2) is 54.6 Å². The predicted octanol–water partition coefficient (Wildman–Crippen LogP) is 6.01. The van der Waals surface area contributed by atoms with Crippen LogP contribution in [0.4, 0.5) is 0 Å². The second-order valence-corrected chi connectivity index (χ2v) is 7.80. The molecular weight excluding hydrogens is 344 g/mol. The van der Waals surface area contributed by atoms with Crippen molar-refractivity contribution in [3.63, 3.8) is 0 Å². The van der Waals surface area contributed by atoms with Gasteiger partial charge in [-0.2, -0.15) is 0 Å². The van der Waals surface area contributed by atoms with Crippen molar-refractivity contribution < 1.29 is 4.79 Å². The van der Waals surface area contributed by atoms with Crippen molar-refractivity contribution >= 4 is 5.91 Å². The highest BCUT2D eigenvalue weighted by molar-refractivity contribution is 6.02. The van der Waals surface area contributed by atoms with Crippen molar-refractivity contribution in [2.24, 2.45) is 11.7 Å². The molecule has 3 aromatic rings. The van der Waals surface area contributed by atoms with E-state index in [1.165, 1.54) is 11.3 Å². The molecule has 2 N–H and O–H groups in total. The molecule has 1 unspecified atom stereocenters. The summed E-state index contributed by atoms with van der Waals surface area (Å²) in [5, 5.41) is 0. The molecule has 0 aliphatic rings. The fourth-order valence-corrected chi connectivity index (χ4v) is 4.04. The van der Waals surface area contributed by atoms with Gasteiger partial charge in [-0.1, -0.05) is 75.4 Å². The van der Waals surface area contributed by atoms with E-state index in [1.54, 1.807) is 0 Å². The molecular formula is C25H30N2O. The van der Waals surface area contributed by atoms with Crippen LogP contribution in [0.3, 0.4) is 0 Å². The van der Waals surface area contributed by atoms with E-state index in [0.717, 1.165) is 28.8 Å². The lowest BCUT2D eigenvalue weighted by Crippen LogP contribution is -2.17. The van der Waals surface area contributed by atoms with Crippen LogP contribution < -0.4 is 5.73 Å². The molecule has 28 heavy (non-hydrogen) atoms. The van der Waals surface area contributed by atoms with Crippen molar-refractivity contribution in [3.05, 3.63) is 71.5 Å². The van der Waals surface area contributed by atoms with Gasteiger partial charge in [0.15, 0.2) is 0 Å². The third-order valence-electron chi connectivity index (χ3n) is 5.79. The van der Waals surface area contributed by atoms with Crippen molar-refractivity contribution in [3.8, 4) is 22.3 Å². The van der Waals surface area contributed by atoms with Gasteiger partial charge in [0.25, 0.3) is 5.91 Å². The van der Waals surface area contributed by atoms with Gasteiger partial charge < -0.3 is 10.3 Å². The average molecular weight is 375 g/mol. The molecule has 2 aromatic carbocycles. The van der Waals surface area contributed by atoms with Gasteiger partial charge in [-0.05, 0) is 42.9 Å². The van der Waals surface area contributed by atoms with E-state index < -0.39 is 0 Å². The topological polar surface area (TPSA) is 48.0 Å². The Bertz CT molecular complexity index is 966. The number of aromatic nitrogens is 1. The maximum absolute atomic E-state index is 12.4. The fourth-order valence-electron chi connectivity index (χ4n) is 4.04. The zero-order chi connectivity index (χ0) is 20.4. The summed E-state index contributed by atoms with van der Waals surface area (Å²) >= 11 is 0. The van der Waals surface area contributed by atoms with Gasteiger partial charge >= 0.3 is 0 Å². The zero-order valence-electron chi connectivity index (χ0n) is 17.5. The fraction of sp³-hybridized carbons (Fsp3) is 0.320. The van der Waals surface area contributed by atoms with Crippen molar-refractivity contribution in [2.75, 3.05) is 0 Å². The summed E-state index contributed by atoms with van der Waals surface area (Å²) in [6, 6.07) is 19.1. The van der Waals surface area contributed by atoms with Crippen LogP contribution in [0.2, 0.25) is 0 Å². The smallest absolute Gasteiger partial charge is 0.251 e. The molecule has 1 heterocycles. The molecule has 1 atom stereocenters. The molecule has 146 valence electrons. The maximum atomic E-state index is 12.4. The highest BCUT2D eigenvalue weighted by Gasteiger charge is 2.26. The molecule has 1 amide bonds. The van der Waals surface area contributed by atoms with Gasteiger partial charge in [0.2, 0.25) is 0 Å². The molecule has 0 spiro atoms. The first kappa shape index (κ1) is 19.9. The van der Waals surface area contributed by atoms with Gasteiger partial charge in [0, 0.05) is 23.0 Å². The highest BCUT2D eigenvalue weighted by atomic mass is 16.1. The van der Waals surface area contributed by atoms with Crippen LogP contribution >= 0.6 is 0 Å². The number of carbonyl (C=O) groups is 1. The first-order valence-electron chi connectivity index (χ1n) is 10.1. The molecule has 0 aliphatic carbocycles. The van der Waals surface area contributed by atoms with E-state index in [2.05, 4.69) is 68.7 Å². The third kappa shape index (κ3) is 3.49. The summed E-state index contributed by atoms with van der Waals surface area (Å²) in [5.74, 6) is 0.106. The minimum atomic E-state index is -0.357. The lowest BCUT2D eigenvalue weighted by atomic mass is 9.96. The minimum Gasteiger partial charge on any atom is -0.366 e. The van der Waals surface area contributed by atoms with Crippen LogP contribution in [0.5, 0.6) is 0 Å². The molecule has 3 rings (SSSR count). The second kappa shape index (κ2) is 8.05. The van der Waals surface area contributed by atoms with Gasteiger partial charge in [-0.3, -0.25) is 4.79 Å². The number of nitrogens with two attached hydrogens (primary N) is 1. The summed E-state index contributed by atoms with van der Waals surface area (Å²) in [6.45, 7) is 10.8. The minimum absolute atomic E-state index is 0.297. The molecule has 1 aromatic heterocycles. The monoisotopic (exact) mass is 374 g/mol. The van der Waals surface area contributed by atoms with Crippen molar-refractivity contribution in [1.82, 2.24) is 4.57 Å². The third-order valence-corrected chi connectivity index (χ3v) is 5.79. The molecule has 3 heteroatoms. The first-order chi connectivity index (χ1) is 13.4. The van der Waals surface area contributed by atoms with Gasteiger partial charge in [0.05, 0.1) is 5.56 Å². The normalized spacial score (nSPS) is 12.4. The molecule has 0 saturated carbocycles. The summed E-state index contributed by atoms with van der Waals surface area (Å²) < 4.78 is 2.31. The van der Waals surface area contributed by atoms with E-state index in [4.69, 9.17) is 5.73 Å². The Morgan fingerprint density at radius 2 is 1.46 bits per heavy atom. The Balaban J connectivity index is 2.18. The molecule has 3 nitrogen and oxygen atoms in total. The Kier molecular flexibility index (Phi) is 5.73. The van der Waals surface area contributed by atoms with Crippen LogP contribution in [0.1, 0.15) is 55.5 Å². The summed E-state index contributed by atoms with van der Waals surface area (Å²) in [7, 11) is 0. The average Bonchev–Trinajstić information content (AvgIpc) is 3.00. The number of benzene rings is 2. The van der Waals surface area contributed by atoms with E-state index >= 15 is 0 Å². The Morgan fingerprint density at radius 3 is 1.96 bits per heavy atom. The maximum Gasteiger partial charge on any atom is 0.251 e. The molecule has 0 radical (unpaired) electrons. The van der Waals surface area contributed by atoms with Crippen molar-refractivity contribution in [1.29, 1.82) is 0 Å². The Morgan fingerprint density at radius 1 is 0.929 bits per heavy atom. The number of rotatable bonds is 6. The Hall–Kier alpha value is -2.81. The van der Waals surface area contributed by atoms with E-state index in [9.17, 15) is 4.79 Å². The summed E-state index contributed by atoms with van der Waals surface area (Å²) in [6.07, 6.45) is 0.848. The number of nitrogens with zero attached hydrogens (tertiary/aromatic N) is 1. The SMILES string of the molecule is CCc1c(-c2ccc(-c3ccccc3)cc2)c(C(N)=O)c(C)n1C(C)C(C)C. The number of amides is 1. The van der Waals surface area contributed by atoms with Gasteiger partial charge in [-0.15, -0.1) is 0 Å².